The first-order valence-electron chi connectivity index (χ1n) is 7.79. The van der Waals surface area contributed by atoms with Crippen LogP contribution in [0.1, 0.15) is 39.7 Å². The lowest BCUT2D eigenvalue weighted by Crippen LogP contribution is -2.51. The van der Waals surface area contributed by atoms with Crippen LogP contribution in [0.2, 0.25) is 0 Å². The molecule has 0 aromatic carbocycles. The van der Waals surface area contributed by atoms with E-state index in [2.05, 4.69) is 29.6 Å². The molecule has 0 spiro atoms. The first kappa shape index (κ1) is 17.0. The van der Waals surface area contributed by atoms with Crippen molar-refractivity contribution >= 4 is 23.7 Å². The number of urea groups is 1. The van der Waals surface area contributed by atoms with E-state index in [1.165, 1.54) is 4.90 Å². The molecule has 1 aliphatic rings. The Balaban J connectivity index is 1.94. The number of nitrogens with zero attached hydrogens (tertiary/aromatic N) is 3. The third-order valence-electron chi connectivity index (χ3n) is 3.64. The molecule has 4 amide bonds. The molecule has 1 atom stereocenters. The molecule has 0 bridgehead atoms. The Morgan fingerprint density at radius 1 is 1.39 bits per heavy atom. The van der Waals surface area contributed by atoms with E-state index in [9.17, 15) is 14.4 Å². The van der Waals surface area contributed by atoms with Gasteiger partial charge in [-0.15, -0.1) is 0 Å². The Hall–Kier alpha value is -2.38. The molecule has 1 fully saturated rings. The van der Waals surface area contributed by atoms with Crippen molar-refractivity contribution in [1.82, 2.24) is 20.0 Å². The number of hydrogen-bond donors (Lipinski definition) is 2. The summed E-state index contributed by atoms with van der Waals surface area (Å²) in [5, 5.41) is 9.23. The van der Waals surface area contributed by atoms with Crippen molar-refractivity contribution < 1.29 is 14.4 Å². The number of nitrogens with one attached hydrogen (secondary N) is 2. The molecule has 0 saturated carbocycles. The van der Waals surface area contributed by atoms with Gasteiger partial charge in [-0.25, -0.2) is 9.48 Å². The second-order valence-corrected chi connectivity index (χ2v) is 6.21. The van der Waals surface area contributed by atoms with Crippen LogP contribution >= 0.6 is 0 Å². The van der Waals surface area contributed by atoms with Gasteiger partial charge < -0.3 is 10.2 Å². The summed E-state index contributed by atoms with van der Waals surface area (Å²) in [4.78, 5) is 36.2. The minimum absolute atomic E-state index is 0.0944. The van der Waals surface area contributed by atoms with Crippen LogP contribution in [0.4, 0.5) is 10.6 Å². The summed E-state index contributed by atoms with van der Waals surface area (Å²) in [6.45, 7) is 6.47. The number of carbonyl (C=O) groups is 3. The zero-order valence-corrected chi connectivity index (χ0v) is 13.7. The van der Waals surface area contributed by atoms with E-state index in [4.69, 9.17) is 0 Å². The zero-order valence-electron chi connectivity index (χ0n) is 13.7. The van der Waals surface area contributed by atoms with Gasteiger partial charge in [0.15, 0.2) is 0 Å². The van der Waals surface area contributed by atoms with Crippen LogP contribution in [0, 0.1) is 5.92 Å². The van der Waals surface area contributed by atoms with Crippen molar-refractivity contribution in [1.29, 1.82) is 0 Å². The van der Waals surface area contributed by atoms with Gasteiger partial charge in [0.1, 0.15) is 12.4 Å². The smallest absolute Gasteiger partial charge is 0.315 e. The van der Waals surface area contributed by atoms with Crippen LogP contribution in [0.3, 0.4) is 0 Å². The average Bonchev–Trinajstić information content (AvgIpc) is 2.89. The predicted molar refractivity (Wildman–Crippen MR) is 84.8 cm³/mol. The fourth-order valence-electron chi connectivity index (χ4n) is 2.65. The number of aromatic nitrogens is 2. The second-order valence-electron chi connectivity index (χ2n) is 6.21. The molecular formula is C15H23N5O3. The van der Waals surface area contributed by atoms with Crippen molar-refractivity contribution in [3.8, 4) is 0 Å². The fraction of sp³-hybridized carbons (Fsp3) is 0.600. The van der Waals surface area contributed by atoms with Gasteiger partial charge in [-0.05, 0) is 19.3 Å². The summed E-state index contributed by atoms with van der Waals surface area (Å²) in [6.07, 6.45) is 2.79. The van der Waals surface area contributed by atoms with Crippen LogP contribution in [0.15, 0.2) is 12.3 Å². The van der Waals surface area contributed by atoms with Crippen LogP contribution in [-0.4, -0.2) is 45.6 Å². The predicted octanol–water partition coefficient (Wildman–Crippen LogP) is 1.37. The van der Waals surface area contributed by atoms with Gasteiger partial charge in [0.2, 0.25) is 11.8 Å². The molecule has 0 radical (unpaired) electrons. The maximum absolute atomic E-state index is 12.1. The van der Waals surface area contributed by atoms with E-state index >= 15 is 0 Å². The molecule has 0 aliphatic carbocycles. The number of rotatable bonds is 6. The van der Waals surface area contributed by atoms with Crippen LogP contribution in [0.25, 0.3) is 0 Å². The first-order chi connectivity index (χ1) is 10.9. The minimum Gasteiger partial charge on any atom is -0.315 e. The van der Waals surface area contributed by atoms with Gasteiger partial charge in [-0.1, -0.05) is 13.8 Å². The van der Waals surface area contributed by atoms with Crippen molar-refractivity contribution in [2.24, 2.45) is 5.92 Å². The molecule has 8 heteroatoms. The Kier molecular flexibility index (Phi) is 5.36. The lowest BCUT2D eigenvalue weighted by molar-refractivity contribution is -0.123. The highest BCUT2D eigenvalue weighted by Gasteiger charge is 2.25. The Bertz CT molecular complexity index is 596. The molecule has 8 nitrogen and oxygen atoms in total. The van der Waals surface area contributed by atoms with Gasteiger partial charge in [-0.2, -0.15) is 5.10 Å². The van der Waals surface area contributed by atoms with Crippen LogP contribution in [0.5, 0.6) is 0 Å². The Labute approximate surface area is 135 Å². The largest absolute Gasteiger partial charge is 0.324 e. The first-order valence-corrected chi connectivity index (χ1v) is 7.79. The standard InChI is InChI=1S/C15H23N5O3/c1-10(2)8-11(3)20-12(4-6-16-20)17-14(22)9-19-7-5-13(21)18-15(19)23/h4,6,10-11H,5,7-9H2,1-3H3,(H,17,22)(H,18,21,23)/t11-/m0/s1. The van der Waals surface area contributed by atoms with Gasteiger partial charge in [0.25, 0.3) is 0 Å². The van der Waals surface area contributed by atoms with Crippen LogP contribution in [-0.2, 0) is 9.59 Å². The maximum atomic E-state index is 12.1. The summed E-state index contributed by atoms with van der Waals surface area (Å²) >= 11 is 0. The van der Waals surface area contributed by atoms with Gasteiger partial charge >= 0.3 is 6.03 Å². The van der Waals surface area contributed by atoms with Crippen molar-refractivity contribution in [2.75, 3.05) is 18.4 Å². The minimum atomic E-state index is -0.530. The number of carbonyl (C=O) groups excluding carboxylic acids is 3. The molecular weight excluding hydrogens is 298 g/mol. The molecule has 126 valence electrons. The van der Waals surface area contributed by atoms with Crippen molar-refractivity contribution in [3.63, 3.8) is 0 Å². The van der Waals surface area contributed by atoms with Crippen molar-refractivity contribution in [3.05, 3.63) is 12.3 Å². The highest BCUT2D eigenvalue weighted by Crippen LogP contribution is 2.20. The molecule has 1 aliphatic heterocycles. The van der Waals surface area contributed by atoms with Gasteiger partial charge in [0.05, 0.1) is 12.2 Å². The lowest BCUT2D eigenvalue weighted by Gasteiger charge is -2.26. The molecule has 0 unspecified atom stereocenters. The molecule has 2 heterocycles. The highest BCUT2D eigenvalue weighted by atomic mass is 16.2. The van der Waals surface area contributed by atoms with E-state index in [0.29, 0.717) is 11.7 Å². The number of hydrogen-bond acceptors (Lipinski definition) is 4. The summed E-state index contributed by atoms with van der Waals surface area (Å²) in [5.41, 5.74) is 0. The lowest BCUT2D eigenvalue weighted by atomic mass is 10.1. The molecule has 1 aromatic rings. The fourth-order valence-corrected chi connectivity index (χ4v) is 2.65. The summed E-state index contributed by atoms with van der Waals surface area (Å²) in [6, 6.07) is 1.36. The SMILES string of the molecule is CC(C)C[C@H](C)n1nccc1NC(=O)CN1CCC(=O)NC1=O. The molecule has 23 heavy (non-hydrogen) atoms. The Morgan fingerprint density at radius 3 is 2.78 bits per heavy atom. The quantitative estimate of drug-likeness (QED) is 0.827. The number of anilines is 1. The molecule has 1 aromatic heterocycles. The average molecular weight is 321 g/mol. The molecule has 2 rings (SSSR count). The highest BCUT2D eigenvalue weighted by molar-refractivity contribution is 5.99. The maximum Gasteiger partial charge on any atom is 0.324 e. The normalized spacial score (nSPS) is 16.4. The third kappa shape index (κ3) is 4.54. The third-order valence-corrected chi connectivity index (χ3v) is 3.64. The second kappa shape index (κ2) is 7.26. The van der Waals surface area contributed by atoms with Crippen LogP contribution < -0.4 is 10.6 Å². The summed E-state index contributed by atoms with van der Waals surface area (Å²) in [5.74, 6) is 0.504. The zero-order chi connectivity index (χ0) is 17.0. The molecule has 1 saturated heterocycles. The molecule has 2 N–H and O–H groups in total. The van der Waals surface area contributed by atoms with E-state index < -0.39 is 6.03 Å². The van der Waals surface area contributed by atoms with E-state index in [0.717, 1.165) is 6.42 Å². The summed E-state index contributed by atoms with van der Waals surface area (Å²) < 4.78 is 1.78. The monoisotopic (exact) mass is 321 g/mol. The number of amides is 4. The van der Waals surface area contributed by atoms with E-state index in [-0.39, 0.29) is 37.4 Å². The number of imide groups is 1. The van der Waals surface area contributed by atoms with E-state index in [1.54, 1.807) is 16.9 Å². The van der Waals surface area contributed by atoms with Gasteiger partial charge in [-0.3, -0.25) is 14.9 Å². The topological polar surface area (TPSA) is 96.3 Å². The van der Waals surface area contributed by atoms with Crippen molar-refractivity contribution in [2.45, 2.75) is 39.7 Å². The van der Waals surface area contributed by atoms with Gasteiger partial charge in [0, 0.05) is 19.0 Å². The summed E-state index contributed by atoms with van der Waals surface area (Å²) in [7, 11) is 0. The Morgan fingerprint density at radius 2 is 2.13 bits per heavy atom. The van der Waals surface area contributed by atoms with E-state index in [1.807, 2.05) is 6.92 Å².